The summed E-state index contributed by atoms with van der Waals surface area (Å²) in [5.74, 6) is 0. The van der Waals surface area contributed by atoms with Crippen LogP contribution in [-0.2, 0) is 21.2 Å². The third-order valence-corrected chi connectivity index (χ3v) is 6.25. The summed E-state index contributed by atoms with van der Waals surface area (Å²) in [4.78, 5) is 1.00. The lowest BCUT2D eigenvalue weighted by Crippen LogP contribution is -2.33. The fourth-order valence-corrected chi connectivity index (χ4v) is 4.62. The maximum Gasteiger partial charge on any atom is 0.252 e. The van der Waals surface area contributed by atoms with E-state index in [9.17, 15) is 8.42 Å². The van der Waals surface area contributed by atoms with Crippen LogP contribution >= 0.6 is 11.3 Å². The van der Waals surface area contributed by atoms with E-state index in [1.807, 2.05) is 19.9 Å². The van der Waals surface area contributed by atoms with E-state index in [2.05, 4.69) is 0 Å². The zero-order chi connectivity index (χ0) is 14.3. The van der Waals surface area contributed by atoms with E-state index < -0.39 is 10.0 Å². The highest BCUT2D eigenvalue weighted by Crippen LogP contribution is 2.25. The van der Waals surface area contributed by atoms with Gasteiger partial charge in [-0.05, 0) is 32.0 Å². The Labute approximate surface area is 119 Å². The molecule has 1 aromatic rings. The van der Waals surface area contributed by atoms with Crippen molar-refractivity contribution in [2.24, 2.45) is 5.73 Å². The monoisotopic (exact) mass is 306 g/mol. The predicted octanol–water partition coefficient (Wildman–Crippen LogP) is 1.30. The zero-order valence-electron chi connectivity index (χ0n) is 11.5. The molecule has 0 aromatic carbocycles. The van der Waals surface area contributed by atoms with E-state index in [4.69, 9.17) is 10.5 Å². The highest BCUT2D eigenvalue weighted by atomic mass is 32.2. The highest BCUT2D eigenvalue weighted by molar-refractivity contribution is 7.91. The van der Waals surface area contributed by atoms with Gasteiger partial charge in [-0.15, -0.1) is 11.3 Å². The van der Waals surface area contributed by atoms with Crippen molar-refractivity contribution < 1.29 is 13.2 Å². The molecule has 1 rings (SSSR count). The molecule has 0 bridgehead atoms. The maximum absolute atomic E-state index is 12.4. The molecule has 0 saturated heterocycles. The Morgan fingerprint density at radius 2 is 2.11 bits per heavy atom. The molecular weight excluding hydrogens is 284 g/mol. The first-order chi connectivity index (χ1) is 9.06. The van der Waals surface area contributed by atoms with Crippen LogP contribution in [0.5, 0.6) is 0 Å². The summed E-state index contributed by atoms with van der Waals surface area (Å²) < 4.78 is 31.9. The molecule has 0 spiro atoms. The molecule has 5 nitrogen and oxygen atoms in total. The molecule has 0 saturated carbocycles. The van der Waals surface area contributed by atoms with Crippen molar-refractivity contribution in [2.75, 3.05) is 32.8 Å². The van der Waals surface area contributed by atoms with Crippen molar-refractivity contribution in [1.82, 2.24) is 4.31 Å². The molecule has 0 aliphatic rings. The van der Waals surface area contributed by atoms with Crippen LogP contribution in [0.3, 0.4) is 0 Å². The number of hydrogen-bond acceptors (Lipinski definition) is 5. The fraction of sp³-hybridized carbons (Fsp3) is 0.667. The van der Waals surface area contributed by atoms with Crippen LogP contribution in [0.2, 0.25) is 0 Å². The van der Waals surface area contributed by atoms with Gasteiger partial charge in [0.05, 0.1) is 6.61 Å². The van der Waals surface area contributed by atoms with Gasteiger partial charge in [0.15, 0.2) is 0 Å². The standard InChI is InChI=1S/C12H22N2O3S2/c1-3-14(9-10-17-4-2)19(15,16)12-6-5-11(18-12)7-8-13/h5-6H,3-4,7-10,13H2,1-2H3. The summed E-state index contributed by atoms with van der Waals surface area (Å²) in [5.41, 5.74) is 5.48. The summed E-state index contributed by atoms with van der Waals surface area (Å²) >= 11 is 1.30. The summed E-state index contributed by atoms with van der Waals surface area (Å²) in [6.07, 6.45) is 0.714. The highest BCUT2D eigenvalue weighted by Gasteiger charge is 2.24. The third-order valence-electron chi connectivity index (χ3n) is 2.66. The Hall–Kier alpha value is -0.470. The summed E-state index contributed by atoms with van der Waals surface area (Å²) in [6, 6.07) is 3.50. The smallest absolute Gasteiger partial charge is 0.252 e. The predicted molar refractivity (Wildman–Crippen MR) is 78.0 cm³/mol. The first-order valence-corrected chi connectivity index (χ1v) is 8.68. The maximum atomic E-state index is 12.4. The molecule has 7 heteroatoms. The van der Waals surface area contributed by atoms with Gasteiger partial charge >= 0.3 is 0 Å². The van der Waals surface area contributed by atoms with Crippen LogP contribution < -0.4 is 5.73 Å². The van der Waals surface area contributed by atoms with E-state index in [0.29, 0.717) is 43.5 Å². The van der Waals surface area contributed by atoms with Crippen LogP contribution in [0.1, 0.15) is 18.7 Å². The molecule has 0 atom stereocenters. The van der Waals surface area contributed by atoms with Crippen molar-refractivity contribution in [1.29, 1.82) is 0 Å². The van der Waals surface area contributed by atoms with E-state index in [1.165, 1.54) is 15.6 Å². The minimum atomic E-state index is -3.40. The minimum absolute atomic E-state index is 0.384. The second-order valence-electron chi connectivity index (χ2n) is 3.95. The van der Waals surface area contributed by atoms with E-state index >= 15 is 0 Å². The van der Waals surface area contributed by atoms with E-state index in [1.54, 1.807) is 6.07 Å². The van der Waals surface area contributed by atoms with Gasteiger partial charge in [0.1, 0.15) is 4.21 Å². The summed E-state index contributed by atoms with van der Waals surface area (Å²) in [7, 11) is -3.40. The van der Waals surface area contributed by atoms with Crippen molar-refractivity contribution in [3.63, 3.8) is 0 Å². The van der Waals surface area contributed by atoms with Crippen molar-refractivity contribution in [2.45, 2.75) is 24.5 Å². The van der Waals surface area contributed by atoms with E-state index in [-0.39, 0.29) is 0 Å². The molecule has 1 aromatic heterocycles. The molecular formula is C12H22N2O3S2. The number of thiophene rings is 1. The lowest BCUT2D eigenvalue weighted by Gasteiger charge is -2.19. The molecule has 0 fully saturated rings. The number of ether oxygens (including phenoxy) is 1. The molecule has 0 amide bonds. The van der Waals surface area contributed by atoms with Gasteiger partial charge in [-0.2, -0.15) is 4.31 Å². The Morgan fingerprint density at radius 1 is 1.37 bits per heavy atom. The van der Waals surface area contributed by atoms with E-state index in [0.717, 1.165) is 4.88 Å². The van der Waals surface area contributed by atoms with Crippen LogP contribution in [-0.4, -0.2) is 45.6 Å². The molecule has 1 heterocycles. The first kappa shape index (κ1) is 16.6. The van der Waals surface area contributed by atoms with Crippen LogP contribution in [0.15, 0.2) is 16.3 Å². The number of sulfonamides is 1. The van der Waals surface area contributed by atoms with Crippen LogP contribution in [0.4, 0.5) is 0 Å². The van der Waals surface area contributed by atoms with Gasteiger partial charge < -0.3 is 10.5 Å². The fourth-order valence-electron chi connectivity index (χ4n) is 1.66. The van der Waals surface area contributed by atoms with Crippen LogP contribution in [0.25, 0.3) is 0 Å². The molecule has 0 aliphatic heterocycles. The zero-order valence-corrected chi connectivity index (χ0v) is 13.1. The van der Waals surface area contributed by atoms with Gasteiger partial charge in [-0.25, -0.2) is 8.42 Å². The second kappa shape index (κ2) is 7.96. The first-order valence-electron chi connectivity index (χ1n) is 6.42. The lowest BCUT2D eigenvalue weighted by molar-refractivity contribution is 0.135. The average Bonchev–Trinajstić information content (AvgIpc) is 2.84. The molecule has 0 unspecified atom stereocenters. The average molecular weight is 306 g/mol. The number of rotatable bonds is 9. The number of nitrogens with two attached hydrogens (primary N) is 1. The molecule has 2 N–H and O–H groups in total. The minimum Gasteiger partial charge on any atom is -0.380 e. The van der Waals surface area contributed by atoms with Crippen LogP contribution in [0, 0.1) is 0 Å². The largest absolute Gasteiger partial charge is 0.380 e. The Balaban J connectivity index is 2.80. The van der Waals surface area contributed by atoms with Gasteiger partial charge in [0.2, 0.25) is 0 Å². The third kappa shape index (κ3) is 4.54. The summed E-state index contributed by atoms with van der Waals surface area (Å²) in [6.45, 7) is 6.10. The molecule has 0 aliphatic carbocycles. The lowest BCUT2D eigenvalue weighted by atomic mass is 10.3. The second-order valence-corrected chi connectivity index (χ2v) is 7.29. The number of likely N-dealkylation sites (N-methyl/N-ethyl adjacent to an activating group) is 1. The van der Waals surface area contributed by atoms with Gasteiger partial charge in [-0.1, -0.05) is 6.92 Å². The topological polar surface area (TPSA) is 72.6 Å². The number of hydrogen-bond donors (Lipinski definition) is 1. The Morgan fingerprint density at radius 3 is 2.68 bits per heavy atom. The molecule has 0 radical (unpaired) electrons. The Bertz CT molecular complexity index is 471. The van der Waals surface area contributed by atoms with Crippen molar-refractivity contribution >= 4 is 21.4 Å². The van der Waals surface area contributed by atoms with Crippen molar-refractivity contribution in [3.8, 4) is 0 Å². The van der Waals surface area contributed by atoms with Gasteiger partial charge in [0.25, 0.3) is 10.0 Å². The van der Waals surface area contributed by atoms with Crippen molar-refractivity contribution in [3.05, 3.63) is 17.0 Å². The van der Waals surface area contributed by atoms with Gasteiger partial charge in [-0.3, -0.25) is 0 Å². The normalized spacial score (nSPS) is 12.2. The number of nitrogens with zero attached hydrogens (tertiary/aromatic N) is 1. The molecule has 110 valence electrons. The Kier molecular flexibility index (Phi) is 6.95. The summed E-state index contributed by atoms with van der Waals surface area (Å²) in [5, 5.41) is 0. The quantitative estimate of drug-likeness (QED) is 0.698. The SMILES string of the molecule is CCOCCN(CC)S(=O)(=O)c1ccc(CCN)s1. The van der Waals surface area contributed by atoms with Gasteiger partial charge in [0, 0.05) is 24.6 Å². The molecule has 19 heavy (non-hydrogen) atoms.